The second-order valence-corrected chi connectivity index (χ2v) is 7.15. The van der Waals surface area contributed by atoms with Crippen molar-refractivity contribution in [1.29, 1.82) is 0 Å². The van der Waals surface area contributed by atoms with Gasteiger partial charge in [0.25, 0.3) is 0 Å². The van der Waals surface area contributed by atoms with E-state index >= 15 is 0 Å². The summed E-state index contributed by atoms with van der Waals surface area (Å²) >= 11 is 5.78. The molecule has 0 radical (unpaired) electrons. The van der Waals surface area contributed by atoms with Gasteiger partial charge in [-0.3, -0.25) is 0 Å². The molecule has 0 saturated heterocycles. The SMILES string of the molecule is CCCNC(CCC)CS(=O)(=O)c1ccc(Cl)cc1. The summed E-state index contributed by atoms with van der Waals surface area (Å²) in [4.78, 5) is 0.344. The Bertz CT molecular complexity index is 471. The number of nitrogens with one attached hydrogen (secondary N) is 1. The van der Waals surface area contributed by atoms with Gasteiger partial charge in [0.05, 0.1) is 10.6 Å². The van der Waals surface area contributed by atoms with E-state index in [1.165, 1.54) is 0 Å². The molecule has 0 bridgehead atoms. The van der Waals surface area contributed by atoms with E-state index in [0.717, 1.165) is 25.8 Å². The zero-order chi connectivity index (χ0) is 14.3. The smallest absolute Gasteiger partial charge is 0.179 e. The summed E-state index contributed by atoms with van der Waals surface area (Å²) in [6.07, 6.45) is 2.84. The lowest BCUT2D eigenvalue weighted by Crippen LogP contribution is -2.36. The second kappa shape index (κ2) is 7.88. The number of benzene rings is 1. The lowest BCUT2D eigenvalue weighted by molar-refractivity contribution is 0.500. The number of hydrogen-bond donors (Lipinski definition) is 1. The minimum Gasteiger partial charge on any atom is -0.313 e. The molecule has 1 unspecified atom stereocenters. The first-order valence-corrected chi connectivity index (χ1v) is 8.74. The quantitative estimate of drug-likeness (QED) is 0.801. The molecular weight excluding hydrogens is 282 g/mol. The standard InChI is InChI=1S/C14H22ClNO2S/c1-3-5-13(16-10-4-2)11-19(17,18)14-8-6-12(15)7-9-14/h6-9,13,16H,3-5,10-11H2,1-2H3. The van der Waals surface area contributed by atoms with E-state index in [9.17, 15) is 8.42 Å². The fourth-order valence-electron chi connectivity index (χ4n) is 1.94. The molecule has 1 aromatic carbocycles. The van der Waals surface area contributed by atoms with Crippen molar-refractivity contribution < 1.29 is 8.42 Å². The third-order valence-corrected chi connectivity index (χ3v) is 5.00. The molecule has 0 aromatic heterocycles. The monoisotopic (exact) mass is 303 g/mol. The van der Waals surface area contributed by atoms with Crippen LogP contribution in [0.2, 0.25) is 5.02 Å². The Labute approximate surface area is 121 Å². The summed E-state index contributed by atoms with van der Waals surface area (Å²) in [5, 5.41) is 3.85. The third kappa shape index (κ3) is 5.51. The van der Waals surface area contributed by atoms with Crippen LogP contribution in [0.3, 0.4) is 0 Å². The Morgan fingerprint density at radius 1 is 1.16 bits per heavy atom. The molecule has 1 aromatic rings. The van der Waals surface area contributed by atoms with Gasteiger partial charge in [-0.25, -0.2) is 8.42 Å². The van der Waals surface area contributed by atoms with Crippen LogP contribution < -0.4 is 5.32 Å². The molecule has 0 amide bonds. The molecule has 0 saturated carbocycles. The first-order valence-electron chi connectivity index (χ1n) is 6.71. The number of sulfone groups is 1. The highest BCUT2D eigenvalue weighted by atomic mass is 35.5. The van der Waals surface area contributed by atoms with Crippen LogP contribution in [0.15, 0.2) is 29.2 Å². The molecule has 1 rings (SSSR count). The summed E-state index contributed by atoms with van der Waals surface area (Å²) < 4.78 is 24.6. The van der Waals surface area contributed by atoms with Crippen molar-refractivity contribution in [2.45, 2.75) is 44.0 Å². The molecule has 108 valence electrons. The molecule has 1 atom stereocenters. The van der Waals surface area contributed by atoms with Crippen molar-refractivity contribution in [3.05, 3.63) is 29.3 Å². The van der Waals surface area contributed by atoms with Gasteiger partial charge >= 0.3 is 0 Å². The van der Waals surface area contributed by atoms with Gasteiger partial charge in [0, 0.05) is 11.1 Å². The molecule has 19 heavy (non-hydrogen) atoms. The van der Waals surface area contributed by atoms with Crippen LogP contribution in [0.5, 0.6) is 0 Å². The zero-order valence-electron chi connectivity index (χ0n) is 11.5. The van der Waals surface area contributed by atoms with Gasteiger partial charge < -0.3 is 5.32 Å². The van der Waals surface area contributed by atoms with Crippen molar-refractivity contribution in [3.8, 4) is 0 Å². The Hall–Kier alpha value is -0.580. The number of halogens is 1. The Morgan fingerprint density at radius 3 is 2.32 bits per heavy atom. The topological polar surface area (TPSA) is 46.2 Å². The number of hydrogen-bond acceptors (Lipinski definition) is 3. The van der Waals surface area contributed by atoms with Crippen molar-refractivity contribution in [1.82, 2.24) is 5.32 Å². The molecule has 0 aliphatic heterocycles. The van der Waals surface area contributed by atoms with Gasteiger partial charge in [0.1, 0.15) is 0 Å². The van der Waals surface area contributed by atoms with Crippen LogP contribution >= 0.6 is 11.6 Å². The van der Waals surface area contributed by atoms with E-state index in [1.807, 2.05) is 0 Å². The van der Waals surface area contributed by atoms with Crippen LogP contribution in [0.25, 0.3) is 0 Å². The second-order valence-electron chi connectivity index (χ2n) is 4.68. The van der Waals surface area contributed by atoms with Crippen molar-refractivity contribution in [2.24, 2.45) is 0 Å². The molecule has 0 aliphatic carbocycles. The molecule has 0 heterocycles. The van der Waals surface area contributed by atoms with Crippen LogP contribution in [0.1, 0.15) is 33.1 Å². The third-order valence-electron chi connectivity index (χ3n) is 2.91. The Kier molecular flexibility index (Phi) is 6.83. The molecular formula is C14H22ClNO2S. The lowest BCUT2D eigenvalue weighted by atomic mass is 10.2. The van der Waals surface area contributed by atoms with Crippen LogP contribution in [-0.4, -0.2) is 26.8 Å². The summed E-state index contributed by atoms with van der Waals surface area (Å²) in [6.45, 7) is 4.99. The fourth-order valence-corrected chi connectivity index (χ4v) is 3.63. The first kappa shape index (κ1) is 16.5. The maximum Gasteiger partial charge on any atom is 0.179 e. The average molecular weight is 304 g/mol. The zero-order valence-corrected chi connectivity index (χ0v) is 13.1. The normalized spacial score (nSPS) is 13.4. The van der Waals surface area contributed by atoms with Gasteiger partial charge in [-0.2, -0.15) is 0 Å². The predicted octanol–water partition coefficient (Wildman–Crippen LogP) is 3.28. The number of rotatable bonds is 8. The molecule has 3 nitrogen and oxygen atoms in total. The van der Waals surface area contributed by atoms with Crippen LogP contribution in [0, 0.1) is 0 Å². The lowest BCUT2D eigenvalue weighted by Gasteiger charge is -2.17. The van der Waals surface area contributed by atoms with E-state index in [2.05, 4.69) is 19.2 Å². The minimum absolute atomic E-state index is 0.0191. The minimum atomic E-state index is -3.25. The van der Waals surface area contributed by atoms with Gasteiger partial charge in [-0.05, 0) is 43.7 Å². The van der Waals surface area contributed by atoms with E-state index < -0.39 is 9.84 Å². The maximum absolute atomic E-state index is 12.3. The first-order chi connectivity index (χ1) is 8.99. The summed E-state index contributed by atoms with van der Waals surface area (Å²) in [5.41, 5.74) is 0. The molecule has 0 aliphatic rings. The van der Waals surface area contributed by atoms with Crippen molar-refractivity contribution in [3.63, 3.8) is 0 Å². The van der Waals surface area contributed by atoms with Gasteiger partial charge in [0.15, 0.2) is 9.84 Å². The van der Waals surface area contributed by atoms with E-state index in [4.69, 9.17) is 11.6 Å². The highest BCUT2D eigenvalue weighted by Crippen LogP contribution is 2.17. The average Bonchev–Trinajstić information content (AvgIpc) is 2.36. The highest BCUT2D eigenvalue weighted by molar-refractivity contribution is 7.91. The predicted molar refractivity (Wildman–Crippen MR) is 80.5 cm³/mol. The molecule has 5 heteroatoms. The van der Waals surface area contributed by atoms with E-state index in [-0.39, 0.29) is 11.8 Å². The van der Waals surface area contributed by atoms with Gasteiger partial charge in [-0.1, -0.05) is 31.9 Å². The summed E-state index contributed by atoms with van der Waals surface area (Å²) in [7, 11) is -3.25. The van der Waals surface area contributed by atoms with Gasteiger partial charge in [0.2, 0.25) is 0 Å². The molecule has 0 spiro atoms. The van der Waals surface area contributed by atoms with Crippen LogP contribution in [0.4, 0.5) is 0 Å². The summed E-state index contributed by atoms with van der Waals surface area (Å²) in [6, 6.07) is 6.39. The fraction of sp³-hybridized carbons (Fsp3) is 0.571. The molecule has 0 fully saturated rings. The highest BCUT2D eigenvalue weighted by Gasteiger charge is 2.20. The summed E-state index contributed by atoms with van der Waals surface area (Å²) in [5.74, 6) is 0.141. The Morgan fingerprint density at radius 2 is 1.79 bits per heavy atom. The van der Waals surface area contributed by atoms with Gasteiger partial charge in [-0.15, -0.1) is 0 Å². The van der Waals surface area contributed by atoms with Crippen molar-refractivity contribution in [2.75, 3.05) is 12.3 Å². The Balaban J connectivity index is 2.78. The van der Waals surface area contributed by atoms with E-state index in [1.54, 1.807) is 24.3 Å². The van der Waals surface area contributed by atoms with E-state index in [0.29, 0.717) is 9.92 Å². The molecule has 1 N–H and O–H groups in total. The maximum atomic E-state index is 12.3. The van der Waals surface area contributed by atoms with Crippen molar-refractivity contribution >= 4 is 21.4 Å². The van der Waals surface area contributed by atoms with Crippen LogP contribution in [-0.2, 0) is 9.84 Å². The largest absolute Gasteiger partial charge is 0.313 e.